The summed E-state index contributed by atoms with van der Waals surface area (Å²) < 4.78 is 0. The zero-order valence-electron chi connectivity index (χ0n) is 8.66. The van der Waals surface area contributed by atoms with Crippen molar-refractivity contribution in [2.75, 3.05) is 0 Å². The third kappa shape index (κ3) is 1.85. The first-order chi connectivity index (χ1) is 7.20. The van der Waals surface area contributed by atoms with Gasteiger partial charge in [0.25, 0.3) is 0 Å². The Labute approximate surface area is 94.0 Å². The van der Waals surface area contributed by atoms with E-state index >= 15 is 0 Å². The molecule has 0 aliphatic heterocycles. The molecule has 0 bridgehead atoms. The minimum absolute atomic E-state index is 0.517. The fourth-order valence-corrected chi connectivity index (χ4v) is 1.67. The van der Waals surface area contributed by atoms with E-state index in [1.807, 2.05) is 25.1 Å². The van der Waals surface area contributed by atoms with Crippen LogP contribution in [0.2, 0.25) is 5.15 Å². The second-order valence-corrected chi connectivity index (χ2v) is 3.81. The topological polar surface area (TPSA) is 25.8 Å². The Morgan fingerprint density at radius 1 is 1.07 bits per heavy atom. The molecule has 0 saturated heterocycles. The van der Waals surface area contributed by atoms with E-state index in [2.05, 4.69) is 23.0 Å². The number of benzene rings is 1. The van der Waals surface area contributed by atoms with E-state index in [1.54, 1.807) is 0 Å². The lowest BCUT2D eigenvalue weighted by molar-refractivity contribution is 1.13. The highest BCUT2D eigenvalue weighted by atomic mass is 35.5. The van der Waals surface area contributed by atoms with Crippen LogP contribution in [0.3, 0.4) is 0 Å². The lowest BCUT2D eigenvalue weighted by Gasteiger charge is -2.07. The smallest absolute Gasteiger partial charge is 0.135 e. The first-order valence-electron chi connectivity index (χ1n) is 4.73. The van der Waals surface area contributed by atoms with Crippen molar-refractivity contribution in [1.82, 2.24) is 9.97 Å². The van der Waals surface area contributed by atoms with E-state index in [1.165, 1.54) is 11.9 Å². The summed E-state index contributed by atoms with van der Waals surface area (Å²) in [5, 5.41) is 0.517. The lowest BCUT2D eigenvalue weighted by atomic mass is 10.0. The number of halogens is 1. The molecule has 1 heterocycles. The molecule has 0 spiro atoms. The number of nitrogens with zero attached hydrogens (tertiary/aromatic N) is 2. The highest BCUT2D eigenvalue weighted by Gasteiger charge is 2.08. The molecule has 3 heteroatoms. The minimum Gasteiger partial charge on any atom is -0.236 e. The lowest BCUT2D eigenvalue weighted by Crippen LogP contribution is -1.93. The number of hydrogen-bond acceptors (Lipinski definition) is 2. The van der Waals surface area contributed by atoms with Gasteiger partial charge in [-0.05, 0) is 19.4 Å². The average Bonchev–Trinajstić information content (AvgIpc) is 2.23. The van der Waals surface area contributed by atoms with Gasteiger partial charge in [0, 0.05) is 11.1 Å². The molecule has 0 saturated carbocycles. The van der Waals surface area contributed by atoms with Crippen molar-refractivity contribution in [3.8, 4) is 11.3 Å². The van der Waals surface area contributed by atoms with E-state index in [4.69, 9.17) is 11.6 Å². The fourth-order valence-electron chi connectivity index (χ4n) is 1.54. The SMILES string of the molecule is Cc1ccccc1-c1ncnc(Cl)c1C. The van der Waals surface area contributed by atoms with Crippen LogP contribution in [0, 0.1) is 13.8 Å². The van der Waals surface area contributed by atoms with E-state index in [-0.39, 0.29) is 0 Å². The highest BCUT2D eigenvalue weighted by molar-refractivity contribution is 6.30. The quantitative estimate of drug-likeness (QED) is 0.686. The van der Waals surface area contributed by atoms with Crippen LogP contribution in [0.25, 0.3) is 11.3 Å². The van der Waals surface area contributed by atoms with Crippen LogP contribution in [-0.4, -0.2) is 9.97 Å². The summed E-state index contributed by atoms with van der Waals surface area (Å²) in [6, 6.07) is 8.11. The molecule has 0 N–H and O–H groups in total. The molecule has 0 fully saturated rings. The molecular formula is C12H11ClN2. The van der Waals surface area contributed by atoms with Gasteiger partial charge in [-0.1, -0.05) is 35.9 Å². The van der Waals surface area contributed by atoms with Gasteiger partial charge in [-0.25, -0.2) is 9.97 Å². The average molecular weight is 219 g/mol. The van der Waals surface area contributed by atoms with E-state index in [0.717, 1.165) is 16.8 Å². The molecule has 0 atom stereocenters. The van der Waals surface area contributed by atoms with Crippen molar-refractivity contribution >= 4 is 11.6 Å². The van der Waals surface area contributed by atoms with Gasteiger partial charge in [0.2, 0.25) is 0 Å². The van der Waals surface area contributed by atoms with Gasteiger partial charge >= 0.3 is 0 Å². The van der Waals surface area contributed by atoms with Crippen LogP contribution < -0.4 is 0 Å². The summed E-state index contributed by atoms with van der Waals surface area (Å²) in [6.45, 7) is 3.99. The van der Waals surface area contributed by atoms with Crippen LogP contribution in [0.4, 0.5) is 0 Å². The molecule has 15 heavy (non-hydrogen) atoms. The number of rotatable bonds is 1. The molecule has 2 rings (SSSR count). The Morgan fingerprint density at radius 2 is 1.80 bits per heavy atom. The molecule has 76 valence electrons. The monoisotopic (exact) mass is 218 g/mol. The van der Waals surface area contributed by atoms with E-state index in [0.29, 0.717) is 5.15 Å². The van der Waals surface area contributed by atoms with Gasteiger partial charge in [0.15, 0.2) is 0 Å². The molecule has 0 unspecified atom stereocenters. The molecule has 1 aromatic heterocycles. The third-order valence-electron chi connectivity index (χ3n) is 2.42. The zero-order valence-corrected chi connectivity index (χ0v) is 9.42. The number of aryl methyl sites for hydroxylation is 1. The van der Waals surface area contributed by atoms with Crippen molar-refractivity contribution < 1.29 is 0 Å². The summed E-state index contributed by atoms with van der Waals surface area (Å²) in [5.41, 5.74) is 4.14. The van der Waals surface area contributed by atoms with Gasteiger partial charge in [0.1, 0.15) is 11.5 Å². The maximum absolute atomic E-state index is 5.96. The predicted octanol–water partition coefficient (Wildman–Crippen LogP) is 3.41. The largest absolute Gasteiger partial charge is 0.236 e. The van der Waals surface area contributed by atoms with Crippen LogP contribution >= 0.6 is 11.6 Å². The van der Waals surface area contributed by atoms with Gasteiger partial charge in [-0.2, -0.15) is 0 Å². The van der Waals surface area contributed by atoms with Gasteiger partial charge in [-0.3, -0.25) is 0 Å². The van der Waals surface area contributed by atoms with Crippen LogP contribution in [-0.2, 0) is 0 Å². The highest BCUT2D eigenvalue weighted by Crippen LogP contribution is 2.26. The molecule has 2 nitrogen and oxygen atoms in total. The third-order valence-corrected chi connectivity index (χ3v) is 2.80. The van der Waals surface area contributed by atoms with Crippen molar-refractivity contribution in [2.45, 2.75) is 13.8 Å². The van der Waals surface area contributed by atoms with Crippen LogP contribution in [0.1, 0.15) is 11.1 Å². The molecular weight excluding hydrogens is 208 g/mol. The molecule has 1 aromatic carbocycles. The van der Waals surface area contributed by atoms with Gasteiger partial charge in [-0.15, -0.1) is 0 Å². The second kappa shape index (κ2) is 3.99. The van der Waals surface area contributed by atoms with Crippen molar-refractivity contribution in [1.29, 1.82) is 0 Å². The Hall–Kier alpha value is -1.41. The summed E-state index contributed by atoms with van der Waals surface area (Å²) in [5.74, 6) is 0. The molecule has 2 aromatic rings. The first kappa shape index (κ1) is 10.1. The fraction of sp³-hybridized carbons (Fsp3) is 0.167. The number of hydrogen-bond donors (Lipinski definition) is 0. The second-order valence-electron chi connectivity index (χ2n) is 3.45. The molecule has 0 aliphatic rings. The normalized spacial score (nSPS) is 10.3. The van der Waals surface area contributed by atoms with E-state index < -0.39 is 0 Å². The van der Waals surface area contributed by atoms with Crippen molar-refractivity contribution in [3.63, 3.8) is 0 Å². The Balaban J connectivity index is 2.65. The predicted molar refractivity (Wildman–Crippen MR) is 62.0 cm³/mol. The summed E-state index contributed by atoms with van der Waals surface area (Å²) in [6.07, 6.45) is 1.50. The summed E-state index contributed by atoms with van der Waals surface area (Å²) in [7, 11) is 0. The minimum atomic E-state index is 0.517. The number of aromatic nitrogens is 2. The summed E-state index contributed by atoms with van der Waals surface area (Å²) >= 11 is 5.96. The van der Waals surface area contributed by atoms with Crippen LogP contribution in [0.15, 0.2) is 30.6 Å². The van der Waals surface area contributed by atoms with Crippen LogP contribution in [0.5, 0.6) is 0 Å². The standard InChI is InChI=1S/C12H11ClN2/c1-8-5-3-4-6-10(8)11-9(2)12(13)15-7-14-11/h3-7H,1-2H3. The zero-order chi connectivity index (χ0) is 10.8. The summed E-state index contributed by atoms with van der Waals surface area (Å²) in [4.78, 5) is 8.22. The maximum Gasteiger partial charge on any atom is 0.135 e. The van der Waals surface area contributed by atoms with Gasteiger partial charge in [0.05, 0.1) is 5.69 Å². The molecule has 0 aliphatic carbocycles. The Bertz CT molecular complexity index is 495. The van der Waals surface area contributed by atoms with Gasteiger partial charge < -0.3 is 0 Å². The maximum atomic E-state index is 5.96. The first-order valence-corrected chi connectivity index (χ1v) is 5.11. The van der Waals surface area contributed by atoms with E-state index in [9.17, 15) is 0 Å². The Morgan fingerprint density at radius 3 is 2.53 bits per heavy atom. The molecule has 0 radical (unpaired) electrons. The molecule has 0 amide bonds. The van der Waals surface area contributed by atoms with Crippen molar-refractivity contribution in [2.24, 2.45) is 0 Å². The van der Waals surface area contributed by atoms with Crippen molar-refractivity contribution in [3.05, 3.63) is 46.9 Å². The Kier molecular flexibility index (Phi) is 2.69.